The lowest BCUT2D eigenvalue weighted by molar-refractivity contribution is -0.125. The zero-order valence-corrected chi connectivity index (χ0v) is 17.9. The zero-order chi connectivity index (χ0) is 20.9. The van der Waals surface area contributed by atoms with Gasteiger partial charge in [-0.2, -0.15) is 0 Å². The van der Waals surface area contributed by atoms with Gasteiger partial charge >= 0.3 is 0 Å². The fourth-order valence-corrected chi connectivity index (χ4v) is 5.67. The van der Waals surface area contributed by atoms with E-state index in [-0.39, 0.29) is 22.4 Å². The average Bonchev–Trinajstić information content (AvgIpc) is 2.68. The van der Waals surface area contributed by atoms with Gasteiger partial charge in [0.1, 0.15) is 0 Å². The molecule has 152 valence electrons. The molecule has 2 aromatic carbocycles. The smallest absolute Gasteiger partial charge is 0.266 e. The number of hydrogen-bond acceptors (Lipinski definition) is 4. The van der Waals surface area contributed by atoms with Crippen molar-refractivity contribution in [2.75, 3.05) is 12.4 Å². The molecular formula is C20H18Cl2N2O4S. The maximum Gasteiger partial charge on any atom is 0.266 e. The number of likely N-dealkylation sites (N-methyl/N-ethyl adjacent to an activating group) is 1. The van der Waals surface area contributed by atoms with Crippen LogP contribution in [0.25, 0.3) is 0 Å². The van der Waals surface area contributed by atoms with E-state index in [0.29, 0.717) is 28.6 Å². The second-order valence-electron chi connectivity index (χ2n) is 7.19. The third-order valence-corrected chi connectivity index (χ3v) is 7.85. The van der Waals surface area contributed by atoms with Crippen LogP contribution >= 0.6 is 23.2 Å². The third-order valence-electron chi connectivity index (χ3n) is 5.44. The van der Waals surface area contributed by atoms with E-state index in [1.54, 1.807) is 18.2 Å². The van der Waals surface area contributed by atoms with Crippen molar-refractivity contribution in [3.05, 3.63) is 56.6 Å². The Morgan fingerprint density at radius 3 is 2.59 bits per heavy atom. The van der Waals surface area contributed by atoms with Crippen LogP contribution in [-0.2, 0) is 34.1 Å². The molecule has 0 fully saturated rings. The molecule has 1 N–H and O–H groups in total. The number of amides is 2. The molecule has 0 atom stereocenters. The summed E-state index contributed by atoms with van der Waals surface area (Å²) in [5.41, 5.74) is 2.48. The van der Waals surface area contributed by atoms with Crippen LogP contribution in [0, 0.1) is 0 Å². The molecule has 2 aromatic rings. The number of sulfonamides is 1. The fraction of sp³-hybridized carbons (Fsp3) is 0.300. The van der Waals surface area contributed by atoms with Gasteiger partial charge in [0.2, 0.25) is 5.91 Å². The molecular weight excluding hydrogens is 435 g/mol. The highest BCUT2D eigenvalue weighted by atomic mass is 35.5. The Labute approximate surface area is 178 Å². The van der Waals surface area contributed by atoms with Gasteiger partial charge in [-0.15, -0.1) is 0 Å². The van der Waals surface area contributed by atoms with E-state index in [2.05, 4.69) is 5.32 Å². The number of aryl methyl sites for hydroxylation is 1. The Bertz CT molecular complexity index is 1160. The molecule has 29 heavy (non-hydrogen) atoms. The van der Waals surface area contributed by atoms with Crippen molar-refractivity contribution < 1.29 is 18.0 Å². The molecule has 0 bridgehead atoms. The zero-order valence-electron chi connectivity index (χ0n) is 15.6. The summed E-state index contributed by atoms with van der Waals surface area (Å²) in [7, 11) is -2.75. The molecule has 9 heteroatoms. The summed E-state index contributed by atoms with van der Waals surface area (Å²) in [5, 5.41) is 3.46. The maximum absolute atomic E-state index is 13.3. The van der Waals surface area contributed by atoms with Gasteiger partial charge < -0.3 is 5.32 Å². The van der Waals surface area contributed by atoms with Crippen LogP contribution in [0.4, 0.5) is 5.69 Å². The van der Waals surface area contributed by atoms with Gasteiger partial charge in [-0.3, -0.25) is 9.59 Å². The molecule has 0 aromatic heterocycles. The largest absolute Gasteiger partial charge is 0.321 e. The number of rotatable bonds is 2. The highest BCUT2D eigenvalue weighted by molar-refractivity contribution is 7.89. The Morgan fingerprint density at radius 1 is 1.10 bits per heavy atom. The van der Waals surface area contributed by atoms with Crippen molar-refractivity contribution >= 4 is 50.7 Å². The molecule has 6 nitrogen and oxygen atoms in total. The summed E-state index contributed by atoms with van der Waals surface area (Å²) in [6.45, 7) is 0. The van der Waals surface area contributed by atoms with Crippen molar-refractivity contribution in [3.8, 4) is 0 Å². The highest BCUT2D eigenvalue weighted by Crippen LogP contribution is 2.37. The molecule has 4 rings (SSSR count). The topological polar surface area (TPSA) is 83.6 Å². The van der Waals surface area contributed by atoms with Crippen molar-refractivity contribution in [1.82, 2.24) is 4.31 Å². The predicted molar refractivity (Wildman–Crippen MR) is 111 cm³/mol. The minimum absolute atomic E-state index is 0.0302. The van der Waals surface area contributed by atoms with Gasteiger partial charge in [0.25, 0.3) is 15.9 Å². The van der Waals surface area contributed by atoms with Crippen LogP contribution in [0.5, 0.6) is 0 Å². The normalized spacial score (nSPS) is 17.5. The Balaban J connectivity index is 1.90. The molecule has 1 heterocycles. The SMILES string of the molecule is CN1C(=O)Cc2c(cc3c(c2C(=O)Nc2cc(Cl)ccc2Cl)CCCC3)S1(=O)=O. The highest BCUT2D eigenvalue weighted by Gasteiger charge is 2.38. The Hall–Kier alpha value is -2.09. The van der Waals surface area contributed by atoms with Gasteiger partial charge in [0, 0.05) is 17.6 Å². The van der Waals surface area contributed by atoms with E-state index in [4.69, 9.17) is 23.2 Å². The van der Waals surface area contributed by atoms with Crippen molar-refractivity contribution in [1.29, 1.82) is 0 Å². The number of carbonyl (C=O) groups is 2. The molecule has 0 saturated heterocycles. The standard InChI is InChI=1S/C20H18Cl2N2O4S/c1-24-18(25)10-14-17(29(24,27)28)8-11-4-2-3-5-13(11)19(14)20(26)23-16-9-12(21)6-7-15(16)22/h6-9H,2-5,10H2,1H3,(H,23,26). The number of hydrogen-bond donors (Lipinski definition) is 1. The van der Waals surface area contributed by atoms with Gasteiger partial charge in [-0.05, 0) is 66.6 Å². The summed E-state index contributed by atoms with van der Waals surface area (Å²) < 4.78 is 26.5. The number of anilines is 1. The average molecular weight is 453 g/mol. The molecule has 2 amide bonds. The molecule has 1 aliphatic carbocycles. The van der Waals surface area contributed by atoms with E-state index < -0.39 is 21.8 Å². The van der Waals surface area contributed by atoms with Crippen LogP contribution < -0.4 is 5.32 Å². The minimum atomic E-state index is -3.99. The Morgan fingerprint density at radius 2 is 1.83 bits per heavy atom. The lowest BCUT2D eigenvalue weighted by Crippen LogP contribution is -2.40. The number of benzene rings is 2. The molecule has 1 aliphatic heterocycles. The quantitative estimate of drug-likeness (QED) is 0.750. The third kappa shape index (κ3) is 3.41. The molecule has 0 radical (unpaired) electrons. The van der Waals surface area contributed by atoms with Crippen LogP contribution in [-0.4, -0.2) is 31.6 Å². The Kier molecular flexibility index (Phi) is 5.09. The van der Waals surface area contributed by atoms with Crippen LogP contribution in [0.3, 0.4) is 0 Å². The summed E-state index contributed by atoms with van der Waals surface area (Å²) in [6, 6.07) is 6.33. The van der Waals surface area contributed by atoms with Gasteiger partial charge in [0.05, 0.1) is 22.0 Å². The van der Waals surface area contributed by atoms with E-state index in [1.165, 1.54) is 13.1 Å². The summed E-state index contributed by atoms with van der Waals surface area (Å²) >= 11 is 12.2. The molecule has 0 spiro atoms. The number of halogens is 2. The molecule has 0 unspecified atom stereocenters. The first kappa shape index (κ1) is 20.2. The van der Waals surface area contributed by atoms with Gasteiger partial charge in [-0.1, -0.05) is 23.2 Å². The lowest BCUT2D eigenvalue weighted by Gasteiger charge is -2.30. The lowest BCUT2D eigenvalue weighted by atomic mass is 9.84. The van der Waals surface area contributed by atoms with Gasteiger partial charge in [-0.25, -0.2) is 12.7 Å². The first-order chi connectivity index (χ1) is 13.7. The summed E-state index contributed by atoms with van der Waals surface area (Å²) in [5.74, 6) is -1.06. The molecule has 2 aliphatic rings. The summed E-state index contributed by atoms with van der Waals surface area (Å²) in [4.78, 5) is 25.7. The monoisotopic (exact) mass is 452 g/mol. The maximum atomic E-state index is 13.3. The van der Waals surface area contributed by atoms with E-state index in [0.717, 1.165) is 28.3 Å². The van der Waals surface area contributed by atoms with E-state index >= 15 is 0 Å². The first-order valence-corrected chi connectivity index (χ1v) is 11.4. The van der Waals surface area contributed by atoms with Crippen LogP contribution in [0.1, 0.15) is 39.9 Å². The second-order valence-corrected chi connectivity index (χ2v) is 9.98. The van der Waals surface area contributed by atoms with Crippen LogP contribution in [0.15, 0.2) is 29.2 Å². The van der Waals surface area contributed by atoms with Crippen LogP contribution in [0.2, 0.25) is 10.0 Å². The van der Waals surface area contributed by atoms with Crippen molar-refractivity contribution in [2.24, 2.45) is 0 Å². The second kappa shape index (κ2) is 7.31. The van der Waals surface area contributed by atoms with E-state index in [1.807, 2.05) is 0 Å². The predicted octanol–water partition coefficient (Wildman–Crippen LogP) is 3.83. The number of nitrogens with one attached hydrogen (secondary N) is 1. The number of carbonyl (C=O) groups excluding carboxylic acids is 2. The van der Waals surface area contributed by atoms with E-state index in [9.17, 15) is 18.0 Å². The molecule has 0 saturated carbocycles. The number of nitrogens with zero attached hydrogens (tertiary/aromatic N) is 1. The fourth-order valence-electron chi connectivity index (χ4n) is 3.93. The number of fused-ring (bicyclic) bond motifs is 2. The van der Waals surface area contributed by atoms with Gasteiger partial charge in [0.15, 0.2) is 0 Å². The first-order valence-electron chi connectivity index (χ1n) is 9.16. The van der Waals surface area contributed by atoms with Crippen molar-refractivity contribution in [2.45, 2.75) is 37.0 Å². The minimum Gasteiger partial charge on any atom is -0.321 e. The van der Waals surface area contributed by atoms with Crippen molar-refractivity contribution in [3.63, 3.8) is 0 Å². The summed E-state index contributed by atoms with van der Waals surface area (Å²) in [6.07, 6.45) is 3.00.